The molecule has 0 atom stereocenters. The van der Waals surface area contributed by atoms with E-state index in [1.54, 1.807) is 0 Å². The number of thiophene rings is 1. The molecule has 0 radical (unpaired) electrons. The van der Waals surface area contributed by atoms with Gasteiger partial charge in [-0.1, -0.05) is 35.9 Å². The fraction of sp³-hybridized carbons (Fsp3) is 0.167. The molecule has 1 aromatic carbocycles. The lowest BCUT2D eigenvalue weighted by Crippen LogP contribution is -1.82. The molecular formula is C12H11ClS2. The first-order valence-corrected chi connectivity index (χ1v) is 7.11. The Morgan fingerprint density at radius 3 is 2.67 bits per heavy atom. The largest absolute Gasteiger partial charge is 0.152 e. The van der Waals surface area contributed by atoms with Gasteiger partial charge in [0.2, 0.25) is 0 Å². The molecule has 1 aromatic heterocycles. The summed E-state index contributed by atoms with van der Waals surface area (Å²) in [6, 6.07) is 12.3. The molecule has 0 aliphatic heterocycles. The van der Waals surface area contributed by atoms with Crippen molar-refractivity contribution in [2.45, 2.75) is 11.5 Å². The zero-order valence-electron chi connectivity index (χ0n) is 8.15. The van der Waals surface area contributed by atoms with Gasteiger partial charge < -0.3 is 0 Å². The van der Waals surface area contributed by atoms with E-state index < -0.39 is 0 Å². The first-order chi connectivity index (χ1) is 7.36. The lowest BCUT2D eigenvalue weighted by molar-refractivity contribution is 1.39. The molecule has 2 aromatic rings. The van der Waals surface area contributed by atoms with Crippen molar-refractivity contribution in [1.29, 1.82) is 0 Å². The van der Waals surface area contributed by atoms with Crippen LogP contribution < -0.4 is 0 Å². The van der Waals surface area contributed by atoms with Gasteiger partial charge in [-0.15, -0.1) is 11.3 Å². The van der Waals surface area contributed by atoms with Crippen molar-refractivity contribution < 1.29 is 0 Å². The molecule has 0 N–H and O–H groups in total. The highest BCUT2D eigenvalue weighted by Crippen LogP contribution is 2.24. The summed E-state index contributed by atoms with van der Waals surface area (Å²) >= 11 is 9.79. The Labute approximate surface area is 103 Å². The molecular weight excluding hydrogens is 244 g/mol. The molecule has 15 heavy (non-hydrogen) atoms. The Bertz CT molecular complexity index is 409. The average Bonchev–Trinajstić information content (AvgIpc) is 2.74. The van der Waals surface area contributed by atoms with E-state index in [9.17, 15) is 0 Å². The molecule has 0 bridgehead atoms. The van der Waals surface area contributed by atoms with Gasteiger partial charge in [0.05, 0.1) is 0 Å². The first-order valence-electron chi connectivity index (χ1n) is 4.70. The highest BCUT2D eigenvalue weighted by atomic mass is 35.5. The molecule has 0 saturated heterocycles. The van der Waals surface area contributed by atoms with E-state index in [1.807, 2.05) is 41.3 Å². The first kappa shape index (κ1) is 11.1. The van der Waals surface area contributed by atoms with Crippen LogP contribution in [-0.4, -0.2) is 0 Å². The molecule has 0 saturated carbocycles. The zero-order chi connectivity index (χ0) is 10.5. The van der Waals surface area contributed by atoms with E-state index in [0.717, 1.165) is 16.5 Å². The molecule has 0 aliphatic carbocycles. The van der Waals surface area contributed by atoms with E-state index in [0.29, 0.717) is 0 Å². The van der Waals surface area contributed by atoms with Gasteiger partial charge in [-0.05, 0) is 23.1 Å². The minimum Gasteiger partial charge on any atom is -0.152 e. The van der Waals surface area contributed by atoms with Crippen molar-refractivity contribution in [3.05, 3.63) is 57.2 Å². The summed E-state index contributed by atoms with van der Waals surface area (Å²) in [5, 5.41) is 2.99. The highest BCUT2D eigenvalue weighted by molar-refractivity contribution is 7.97. The van der Waals surface area contributed by atoms with Crippen molar-refractivity contribution in [3.63, 3.8) is 0 Å². The molecule has 0 amide bonds. The predicted molar refractivity (Wildman–Crippen MR) is 70.8 cm³/mol. The van der Waals surface area contributed by atoms with Gasteiger partial charge in [0.25, 0.3) is 0 Å². The summed E-state index contributed by atoms with van der Waals surface area (Å²) in [6.07, 6.45) is 0. The van der Waals surface area contributed by atoms with Gasteiger partial charge in [0.1, 0.15) is 0 Å². The van der Waals surface area contributed by atoms with Gasteiger partial charge >= 0.3 is 0 Å². The highest BCUT2D eigenvalue weighted by Gasteiger charge is 1.99. The van der Waals surface area contributed by atoms with Crippen LogP contribution in [0.2, 0.25) is 5.02 Å². The molecule has 3 heteroatoms. The Morgan fingerprint density at radius 2 is 1.93 bits per heavy atom. The van der Waals surface area contributed by atoms with Gasteiger partial charge in [-0.3, -0.25) is 0 Å². The zero-order valence-corrected chi connectivity index (χ0v) is 10.5. The third kappa shape index (κ3) is 3.26. The van der Waals surface area contributed by atoms with Gasteiger partial charge in [-0.25, -0.2) is 0 Å². The minimum absolute atomic E-state index is 0.871. The molecule has 0 fully saturated rings. The Kier molecular flexibility index (Phi) is 4.12. The van der Waals surface area contributed by atoms with Crippen LogP contribution in [-0.2, 0) is 11.5 Å². The van der Waals surface area contributed by atoms with Crippen LogP contribution >= 0.6 is 34.7 Å². The van der Waals surface area contributed by atoms with Crippen molar-refractivity contribution >= 4 is 34.7 Å². The third-order valence-corrected chi connectivity index (χ3v) is 4.50. The summed E-state index contributed by atoms with van der Waals surface area (Å²) in [5.74, 6) is 2.06. The fourth-order valence-electron chi connectivity index (χ4n) is 1.27. The van der Waals surface area contributed by atoms with E-state index in [-0.39, 0.29) is 0 Å². The Morgan fingerprint density at radius 1 is 1.07 bits per heavy atom. The summed E-state index contributed by atoms with van der Waals surface area (Å²) < 4.78 is 0. The van der Waals surface area contributed by atoms with Crippen molar-refractivity contribution in [1.82, 2.24) is 0 Å². The van der Waals surface area contributed by atoms with Crippen molar-refractivity contribution in [2.24, 2.45) is 0 Å². The minimum atomic E-state index is 0.871. The topological polar surface area (TPSA) is 0 Å². The number of thioether (sulfide) groups is 1. The van der Waals surface area contributed by atoms with E-state index >= 15 is 0 Å². The summed E-state index contributed by atoms with van der Waals surface area (Å²) in [5.41, 5.74) is 1.22. The van der Waals surface area contributed by atoms with Crippen molar-refractivity contribution in [2.75, 3.05) is 0 Å². The number of hydrogen-bond donors (Lipinski definition) is 0. The molecule has 2 rings (SSSR count). The van der Waals surface area contributed by atoms with Crippen molar-refractivity contribution in [3.8, 4) is 0 Å². The lowest BCUT2D eigenvalue weighted by atomic mass is 10.2. The molecule has 78 valence electrons. The third-order valence-electron chi connectivity index (χ3n) is 2.04. The molecule has 0 spiro atoms. The predicted octanol–water partition coefficient (Wildman–Crippen LogP) is 4.83. The summed E-state index contributed by atoms with van der Waals surface area (Å²) in [7, 11) is 0. The standard InChI is InChI=1S/C12H11ClS2/c13-12-6-2-1-4-10(12)8-14-9-11-5-3-7-15-11/h1-7H,8-9H2. The Hall–Kier alpha value is -0.440. The second kappa shape index (κ2) is 5.59. The normalized spacial score (nSPS) is 10.5. The molecule has 0 nitrogen and oxygen atoms in total. The fourth-order valence-corrected chi connectivity index (χ4v) is 3.44. The van der Waals surface area contributed by atoms with E-state index in [2.05, 4.69) is 23.6 Å². The second-order valence-corrected chi connectivity index (χ2v) is 5.59. The van der Waals surface area contributed by atoms with Gasteiger partial charge in [-0.2, -0.15) is 11.8 Å². The Balaban J connectivity index is 1.86. The van der Waals surface area contributed by atoms with Crippen LogP contribution in [0.1, 0.15) is 10.4 Å². The van der Waals surface area contributed by atoms with E-state index in [4.69, 9.17) is 11.6 Å². The van der Waals surface area contributed by atoms with E-state index in [1.165, 1.54) is 10.4 Å². The summed E-state index contributed by atoms with van der Waals surface area (Å²) in [4.78, 5) is 1.42. The lowest BCUT2D eigenvalue weighted by Gasteiger charge is -2.02. The summed E-state index contributed by atoms with van der Waals surface area (Å²) in [6.45, 7) is 0. The maximum atomic E-state index is 6.07. The quantitative estimate of drug-likeness (QED) is 0.753. The van der Waals surface area contributed by atoms with Crippen LogP contribution in [0.4, 0.5) is 0 Å². The molecule has 0 unspecified atom stereocenters. The van der Waals surface area contributed by atoms with Crippen LogP contribution in [0.3, 0.4) is 0 Å². The van der Waals surface area contributed by atoms with Crippen LogP contribution in [0.15, 0.2) is 41.8 Å². The SMILES string of the molecule is Clc1ccccc1CSCc1cccs1. The van der Waals surface area contributed by atoms with Gasteiger partial charge in [0, 0.05) is 21.4 Å². The molecule has 1 heterocycles. The number of halogens is 1. The number of rotatable bonds is 4. The average molecular weight is 255 g/mol. The number of benzene rings is 1. The maximum absolute atomic E-state index is 6.07. The van der Waals surface area contributed by atoms with Crippen LogP contribution in [0, 0.1) is 0 Å². The van der Waals surface area contributed by atoms with Crippen LogP contribution in [0.5, 0.6) is 0 Å². The maximum Gasteiger partial charge on any atom is 0.0446 e. The second-order valence-electron chi connectivity index (χ2n) is 3.16. The smallest absolute Gasteiger partial charge is 0.0446 e. The monoisotopic (exact) mass is 254 g/mol. The number of hydrogen-bond acceptors (Lipinski definition) is 2. The molecule has 0 aliphatic rings. The van der Waals surface area contributed by atoms with Crippen LogP contribution in [0.25, 0.3) is 0 Å². The van der Waals surface area contributed by atoms with Gasteiger partial charge in [0.15, 0.2) is 0 Å².